The molecule has 2 unspecified atom stereocenters. The number of aliphatic carboxylic acids is 1. The SMILES string of the molecule is CC(C)(CO)CCCCc1cc(=O)cc(CCc2cc(=O)cc(CCCCC(C)(C)C(=O)O)[s+]2[O-])[s+]1[O-]. The molecule has 0 aliphatic rings. The normalized spacial score (nSPS) is 13.2. The van der Waals surface area contributed by atoms with E-state index in [-0.39, 0.29) is 35.7 Å². The number of aryl methyl sites for hydroxylation is 4. The van der Waals surface area contributed by atoms with Crippen LogP contribution in [0.25, 0.3) is 0 Å². The molecule has 206 valence electrons. The molecule has 0 saturated carbocycles. The van der Waals surface area contributed by atoms with Gasteiger partial charge in [0.1, 0.15) is 0 Å². The Labute approximate surface area is 224 Å². The summed E-state index contributed by atoms with van der Waals surface area (Å²) < 4.78 is 26.1. The van der Waals surface area contributed by atoms with Crippen LogP contribution in [0.1, 0.15) is 85.7 Å². The van der Waals surface area contributed by atoms with E-state index in [1.54, 1.807) is 13.8 Å². The van der Waals surface area contributed by atoms with E-state index >= 15 is 0 Å². The fourth-order valence-electron chi connectivity index (χ4n) is 4.13. The van der Waals surface area contributed by atoms with Gasteiger partial charge in [0.25, 0.3) is 0 Å². The summed E-state index contributed by atoms with van der Waals surface area (Å²) in [6, 6.07) is 5.57. The van der Waals surface area contributed by atoms with Gasteiger partial charge >= 0.3 is 5.97 Å². The molecule has 0 bridgehead atoms. The van der Waals surface area contributed by atoms with Gasteiger partial charge in [0, 0.05) is 56.6 Å². The standard InChI is InChI=1S/C28H40O7S2/c1-27(2,19-29)13-7-5-9-22-15-20(30)17-24(36(22)34)11-12-25-18-21(31)16-23(37(25)35)10-6-8-14-28(3,4)26(32)33/h15-18,29H,5-14,19H2,1-4H3,(H,32,33). The van der Waals surface area contributed by atoms with E-state index in [9.17, 15) is 33.7 Å². The van der Waals surface area contributed by atoms with Gasteiger partial charge in [-0.05, 0) is 66.4 Å². The third-order valence-electron chi connectivity index (χ3n) is 6.79. The van der Waals surface area contributed by atoms with Crippen LogP contribution in [0.5, 0.6) is 0 Å². The Morgan fingerprint density at radius 3 is 1.49 bits per heavy atom. The highest BCUT2D eigenvalue weighted by molar-refractivity contribution is 7.25. The average molecular weight is 553 g/mol. The summed E-state index contributed by atoms with van der Waals surface area (Å²) >= 11 is 0. The zero-order valence-electron chi connectivity index (χ0n) is 22.3. The topological polar surface area (TPSA) is 138 Å². The third-order valence-corrected chi connectivity index (χ3v) is 9.98. The van der Waals surface area contributed by atoms with E-state index in [2.05, 4.69) is 0 Å². The summed E-state index contributed by atoms with van der Waals surface area (Å²) in [5.41, 5.74) is -1.44. The first-order chi connectivity index (χ1) is 17.3. The molecule has 9 heteroatoms. The molecule has 2 rings (SSSR count). The quantitative estimate of drug-likeness (QED) is 0.229. The van der Waals surface area contributed by atoms with Crippen LogP contribution < -0.4 is 10.9 Å². The molecule has 0 radical (unpaired) electrons. The molecule has 2 aromatic heterocycles. The smallest absolute Gasteiger partial charge is 0.309 e. The van der Waals surface area contributed by atoms with E-state index in [1.165, 1.54) is 24.3 Å². The number of aliphatic hydroxyl groups excluding tert-OH is 1. The van der Waals surface area contributed by atoms with Gasteiger partial charge in [-0.25, -0.2) is 0 Å². The van der Waals surface area contributed by atoms with Gasteiger partial charge in [-0.2, -0.15) is 0 Å². The number of hydrogen-bond donors (Lipinski definition) is 2. The molecular weight excluding hydrogens is 512 g/mol. The first-order valence-corrected chi connectivity index (χ1v) is 15.1. The van der Waals surface area contributed by atoms with E-state index < -0.39 is 32.9 Å². The molecule has 0 fully saturated rings. The van der Waals surface area contributed by atoms with Gasteiger partial charge in [-0.15, -0.1) is 0 Å². The van der Waals surface area contributed by atoms with Crippen molar-refractivity contribution < 1.29 is 24.1 Å². The number of hydrogen-bond acceptors (Lipinski definition) is 6. The summed E-state index contributed by atoms with van der Waals surface area (Å²) in [6.07, 6.45) is 5.74. The van der Waals surface area contributed by atoms with Crippen LogP contribution in [-0.2, 0) is 30.5 Å². The highest BCUT2D eigenvalue weighted by Crippen LogP contribution is 2.31. The molecule has 0 spiro atoms. The summed E-state index contributed by atoms with van der Waals surface area (Å²) in [6.45, 7) is 7.43. The van der Waals surface area contributed by atoms with Crippen LogP contribution in [0.4, 0.5) is 0 Å². The van der Waals surface area contributed by atoms with Crippen LogP contribution in [0, 0.1) is 10.8 Å². The summed E-state index contributed by atoms with van der Waals surface area (Å²) in [5, 5.41) is 18.6. The number of carboxylic acid groups (broad SMARTS) is 1. The van der Waals surface area contributed by atoms with Crippen LogP contribution in [0.15, 0.2) is 33.9 Å². The van der Waals surface area contributed by atoms with E-state index in [0.29, 0.717) is 51.6 Å². The Morgan fingerprint density at radius 2 is 1.11 bits per heavy atom. The predicted octanol–water partition coefficient (Wildman–Crippen LogP) is 5.20. The number of unbranched alkanes of at least 4 members (excludes halogenated alkanes) is 2. The lowest BCUT2D eigenvalue weighted by molar-refractivity contribution is -0.147. The molecule has 2 N–H and O–H groups in total. The van der Waals surface area contributed by atoms with Crippen molar-refractivity contribution in [2.24, 2.45) is 10.8 Å². The fourth-order valence-corrected chi connectivity index (χ4v) is 6.93. The second-order valence-corrected chi connectivity index (χ2v) is 14.4. The maximum absolute atomic E-state index is 13.1. The average Bonchev–Trinajstić information content (AvgIpc) is 2.82. The maximum atomic E-state index is 13.1. The lowest BCUT2D eigenvalue weighted by Crippen LogP contribution is -2.23. The molecule has 37 heavy (non-hydrogen) atoms. The van der Waals surface area contributed by atoms with E-state index in [1.807, 2.05) is 13.8 Å². The monoisotopic (exact) mass is 552 g/mol. The van der Waals surface area contributed by atoms with Gasteiger partial charge in [-0.3, -0.25) is 14.4 Å². The highest BCUT2D eigenvalue weighted by Gasteiger charge is 2.26. The number of carbonyl (C=O) groups is 1. The highest BCUT2D eigenvalue weighted by atomic mass is 32.2. The van der Waals surface area contributed by atoms with Crippen molar-refractivity contribution in [3.63, 3.8) is 0 Å². The number of carboxylic acids is 1. The summed E-state index contributed by atoms with van der Waals surface area (Å²) in [5.74, 6) is -0.857. The van der Waals surface area contributed by atoms with Crippen molar-refractivity contribution in [2.75, 3.05) is 6.61 Å². The Hall–Kier alpha value is -1.91. The van der Waals surface area contributed by atoms with Crippen molar-refractivity contribution in [3.8, 4) is 0 Å². The molecular formula is C28H40O7S2. The molecule has 0 amide bonds. The molecule has 0 aliphatic carbocycles. The van der Waals surface area contributed by atoms with Crippen molar-refractivity contribution >= 4 is 27.5 Å². The zero-order valence-corrected chi connectivity index (χ0v) is 24.0. The van der Waals surface area contributed by atoms with Crippen LogP contribution in [0.3, 0.4) is 0 Å². The Bertz CT molecular complexity index is 1180. The number of rotatable bonds is 15. The van der Waals surface area contributed by atoms with E-state index in [0.717, 1.165) is 19.3 Å². The van der Waals surface area contributed by atoms with Crippen LogP contribution >= 0.6 is 21.5 Å². The fraction of sp³-hybridized carbons (Fsp3) is 0.607. The first kappa shape index (κ1) is 31.3. The predicted molar refractivity (Wildman–Crippen MR) is 148 cm³/mol. The van der Waals surface area contributed by atoms with Gasteiger partial charge in [0.15, 0.2) is 30.4 Å². The Kier molecular flexibility index (Phi) is 11.6. The van der Waals surface area contributed by atoms with Gasteiger partial charge in [0.2, 0.25) is 0 Å². The molecule has 7 nitrogen and oxygen atoms in total. The van der Waals surface area contributed by atoms with Crippen molar-refractivity contribution in [1.29, 1.82) is 0 Å². The van der Waals surface area contributed by atoms with Gasteiger partial charge in [-0.1, -0.05) is 26.7 Å². The van der Waals surface area contributed by atoms with Crippen molar-refractivity contribution in [3.05, 3.63) is 64.2 Å². The van der Waals surface area contributed by atoms with Crippen LogP contribution in [-0.4, -0.2) is 31.9 Å². The second-order valence-electron chi connectivity index (χ2n) is 11.2. The second kappa shape index (κ2) is 13.8. The first-order valence-electron chi connectivity index (χ1n) is 12.8. The van der Waals surface area contributed by atoms with Crippen LogP contribution in [0.2, 0.25) is 0 Å². The zero-order chi connectivity index (χ0) is 27.8. The summed E-state index contributed by atoms with van der Waals surface area (Å²) in [7, 11) is -2.92. The maximum Gasteiger partial charge on any atom is 0.309 e. The van der Waals surface area contributed by atoms with Crippen molar-refractivity contribution in [2.45, 2.75) is 91.9 Å². The minimum Gasteiger partial charge on any atom is -0.590 e. The number of aliphatic hydroxyl groups is 1. The lowest BCUT2D eigenvalue weighted by Gasteiger charge is -2.20. The van der Waals surface area contributed by atoms with E-state index in [4.69, 9.17) is 0 Å². The Balaban J connectivity index is 2.05. The minimum absolute atomic E-state index is 0.104. The Morgan fingerprint density at radius 1 is 0.730 bits per heavy atom. The summed E-state index contributed by atoms with van der Waals surface area (Å²) in [4.78, 5) is 37.8. The molecule has 2 atom stereocenters. The molecule has 2 aromatic rings. The molecule has 0 saturated heterocycles. The van der Waals surface area contributed by atoms with Crippen molar-refractivity contribution in [1.82, 2.24) is 0 Å². The minimum atomic E-state index is -1.48. The lowest BCUT2D eigenvalue weighted by atomic mass is 9.87. The van der Waals surface area contributed by atoms with Gasteiger partial charge < -0.3 is 19.3 Å². The largest absolute Gasteiger partial charge is 0.590 e. The third kappa shape index (κ3) is 9.72. The molecule has 2 heterocycles. The molecule has 0 aliphatic heterocycles. The molecule has 0 aromatic carbocycles. The van der Waals surface area contributed by atoms with Gasteiger partial charge in [0.05, 0.1) is 5.41 Å².